The fourth-order valence-corrected chi connectivity index (χ4v) is 1.47. The van der Waals surface area contributed by atoms with E-state index >= 15 is 0 Å². The lowest BCUT2D eigenvalue weighted by Crippen LogP contribution is -2.61. The van der Waals surface area contributed by atoms with Crippen molar-refractivity contribution in [1.29, 1.82) is 0 Å². The van der Waals surface area contributed by atoms with Gasteiger partial charge in [-0.2, -0.15) is 0 Å². The molecule has 0 aliphatic carbocycles. The molecule has 0 aromatic heterocycles. The molecule has 1 atom stereocenters. The monoisotopic (exact) mass is 243 g/mol. The van der Waals surface area contributed by atoms with Crippen molar-refractivity contribution in [1.82, 2.24) is 15.5 Å². The zero-order valence-electron chi connectivity index (χ0n) is 9.90. The summed E-state index contributed by atoms with van der Waals surface area (Å²) in [5.41, 5.74) is 0. The molecule has 7 heteroatoms. The second-order valence-electron chi connectivity index (χ2n) is 4.37. The Bertz CT molecular complexity index is 330. The van der Waals surface area contributed by atoms with Crippen molar-refractivity contribution in [2.45, 2.75) is 19.9 Å². The van der Waals surface area contributed by atoms with E-state index in [1.54, 1.807) is 0 Å². The summed E-state index contributed by atoms with van der Waals surface area (Å²) < 4.78 is 0. The first-order valence-electron chi connectivity index (χ1n) is 5.45. The molecule has 0 aromatic rings. The van der Waals surface area contributed by atoms with Crippen LogP contribution in [0.4, 0.5) is 4.79 Å². The third-order valence-electron chi connectivity index (χ3n) is 2.39. The zero-order chi connectivity index (χ0) is 13.0. The van der Waals surface area contributed by atoms with Crippen LogP contribution in [-0.4, -0.2) is 53.6 Å². The summed E-state index contributed by atoms with van der Waals surface area (Å²) >= 11 is 0. The van der Waals surface area contributed by atoms with Crippen molar-refractivity contribution in [3.05, 3.63) is 0 Å². The highest BCUT2D eigenvalue weighted by molar-refractivity contribution is 5.90. The topological polar surface area (TPSA) is 98.7 Å². The largest absolute Gasteiger partial charge is 0.480 e. The lowest BCUT2D eigenvalue weighted by Gasteiger charge is -2.32. The Morgan fingerprint density at radius 2 is 2.24 bits per heavy atom. The number of carboxylic acids is 1. The third kappa shape index (κ3) is 3.61. The van der Waals surface area contributed by atoms with Gasteiger partial charge in [0.2, 0.25) is 5.91 Å². The van der Waals surface area contributed by atoms with Crippen molar-refractivity contribution in [3.8, 4) is 0 Å². The number of aliphatic carboxylic acids is 1. The Labute approximate surface area is 99.2 Å². The van der Waals surface area contributed by atoms with Gasteiger partial charge in [-0.25, -0.2) is 9.59 Å². The fraction of sp³-hybridized carbons (Fsp3) is 0.700. The molecule has 0 saturated carbocycles. The maximum atomic E-state index is 11.7. The van der Waals surface area contributed by atoms with E-state index in [1.165, 1.54) is 0 Å². The van der Waals surface area contributed by atoms with Gasteiger partial charge in [-0.05, 0) is 5.92 Å². The second kappa shape index (κ2) is 5.51. The molecular weight excluding hydrogens is 226 g/mol. The van der Waals surface area contributed by atoms with Gasteiger partial charge in [0.1, 0.15) is 12.6 Å². The summed E-state index contributed by atoms with van der Waals surface area (Å²) in [6.45, 7) is 4.03. The molecular formula is C10H17N3O4. The van der Waals surface area contributed by atoms with Gasteiger partial charge in [0.05, 0.1) is 0 Å². The Balaban J connectivity index is 2.65. The molecule has 0 bridgehead atoms. The molecule has 17 heavy (non-hydrogen) atoms. The fourth-order valence-electron chi connectivity index (χ4n) is 1.47. The summed E-state index contributed by atoms with van der Waals surface area (Å²) in [6.07, 6.45) is 0. The number of hydrogen-bond acceptors (Lipinski definition) is 3. The first-order chi connectivity index (χ1) is 7.91. The standard InChI is InChI=1S/C10H17N3O4/c1-6(2)3-12-10(17)13-5-8(14)11-4-7(13)9(15)16/h6-7H,3-5H2,1-2H3,(H,11,14)(H,12,17)(H,15,16). The number of carboxylic acid groups (broad SMARTS) is 1. The van der Waals surface area contributed by atoms with Crippen LogP contribution >= 0.6 is 0 Å². The molecule has 1 aliphatic heterocycles. The number of carbonyl (C=O) groups is 3. The normalized spacial score (nSPS) is 20.1. The van der Waals surface area contributed by atoms with E-state index in [-0.39, 0.29) is 24.9 Å². The molecule has 1 rings (SSSR count). The molecule has 3 amide bonds. The molecule has 1 unspecified atom stereocenters. The summed E-state index contributed by atoms with van der Waals surface area (Å²) in [7, 11) is 0. The Morgan fingerprint density at radius 3 is 2.76 bits per heavy atom. The van der Waals surface area contributed by atoms with Gasteiger partial charge in [0.25, 0.3) is 0 Å². The molecule has 0 aromatic carbocycles. The highest BCUT2D eigenvalue weighted by atomic mass is 16.4. The van der Waals surface area contributed by atoms with Gasteiger partial charge >= 0.3 is 12.0 Å². The third-order valence-corrected chi connectivity index (χ3v) is 2.39. The van der Waals surface area contributed by atoms with E-state index in [0.717, 1.165) is 4.90 Å². The van der Waals surface area contributed by atoms with Crippen LogP contribution in [-0.2, 0) is 9.59 Å². The number of amides is 3. The maximum Gasteiger partial charge on any atom is 0.328 e. The Morgan fingerprint density at radius 1 is 1.59 bits per heavy atom. The number of urea groups is 1. The number of nitrogens with zero attached hydrogens (tertiary/aromatic N) is 1. The van der Waals surface area contributed by atoms with Crippen LogP contribution in [0.2, 0.25) is 0 Å². The van der Waals surface area contributed by atoms with Crippen molar-refractivity contribution in [3.63, 3.8) is 0 Å². The Hall–Kier alpha value is -1.79. The van der Waals surface area contributed by atoms with E-state index in [2.05, 4.69) is 10.6 Å². The minimum atomic E-state index is -1.12. The van der Waals surface area contributed by atoms with Gasteiger partial charge in [0, 0.05) is 13.1 Å². The van der Waals surface area contributed by atoms with E-state index in [1.807, 2.05) is 13.8 Å². The number of rotatable bonds is 3. The van der Waals surface area contributed by atoms with Gasteiger partial charge in [-0.3, -0.25) is 9.69 Å². The van der Waals surface area contributed by atoms with Crippen molar-refractivity contribution in [2.75, 3.05) is 19.6 Å². The summed E-state index contributed by atoms with van der Waals surface area (Å²) in [5, 5.41) is 14.0. The highest BCUT2D eigenvalue weighted by Gasteiger charge is 2.35. The molecule has 1 aliphatic rings. The lowest BCUT2D eigenvalue weighted by atomic mass is 10.2. The number of carbonyl (C=O) groups excluding carboxylic acids is 2. The first kappa shape index (κ1) is 13.3. The molecule has 1 saturated heterocycles. The summed E-state index contributed by atoms with van der Waals surface area (Å²) in [5.74, 6) is -1.20. The number of hydrogen-bond donors (Lipinski definition) is 3. The van der Waals surface area contributed by atoms with Crippen LogP contribution in [0.15, 0.2) is 0 Å². The van der Waals surface area contributed by atoms with Crippen molar-refractivity contribution in [2.24, 2.45) is 5.92 Å². The van der Waals surface area contributed by atoms with Crippen LogP contribution < -0.4 is 10.6 Å². The number of piperazine rings is 1. The summed E-state index contributed by atoms with van der Waals surface area (Å²) in [6, 6.07) is -1.51. The van der Waals surface area contributed by atoms with Gasteiger partial charge < -0.3 is 15.7 Å². The lowest BCUT2D eigenvalue weighted by molar-refractivity contribution is -0.144. The number of nitrogens with one attached hydrogen (secondary N) is 2. The van der Waals surface area contributed by atoms with Crippen LogP contribution in [0.3, 0.4) is 0 Å². The van der Waals surface area contributed by atoms with Crippen molar-refractivity contribution < 1.29 is 19.5 Å². The molecule has 7 nitrogen and oxygen atoms in total. The van der Waals surface area contributed by atoms with Gasteiger partial charge in [-0.15, -0.1) is 0 Å². The molecule has 1 heterocycles. The molecule has 1 fully saturated rings. The SMILES string of the molecule is CC(C)CNC(=O)N1CC(=O)NCC1C(=O)O. The highest BCUT2D eigenvalue weighted by Crippen LogP contribution is 2.05. The average molecular weight is 243 g/mol. The summed E-state index contributed by atoms with van der Waals surface area (Å²) in [4.78, 5) is 34.9. The van der Waals surface area contributed by atoms with E-state index < -0.39 is 18.0 Å². The van der Waals surface area contributed by atoms with E-state index in [4.69, 9.17) is 5.11 Å². The predicted molar refractivity (Wildman–Crippen MR) is 59.4 cm³/mol. The van der Waals surface area contributed by atoms with E-state index in [0.29, 0.717) is 6.54 Å². The van der Waals surface area contributed by atoms with Crippen LogP contribution in [0.1, 0.15) is 13.8 Å². The minimum Gasteiger partial charge on any atom is -0.480 e. The maximum absolute atomic E-state index is 11.7. The van der Waals surface area contributed by atoms with Gasteiger partial charge in [-0.1, -0.05) is 13.8 Å². The second-order valence-corrected chi connectivity index (χ2v) is 4.37. The smallest absolute Gasteiger partial charge is 0.328 e. The Kier molecular flexibility index (Phi) is 4.30. The van der Waals surface area contributed by atoms with Gasteiger partial charge in [0.15, 0.2) is 0 Å². The van der Waals surface area contributed by atoms with Crippen LogP contribution in [0.5, 0.6) is 0 Å². The molecule has 3 N–H and O–H groups in total. The van der Waals surface area contributed by atoms with Crippen LogP contribution in [0.25, 0.3) is 0 Å². The quantitative estimate of drug-likeness (QED) is 0.606. The predicted octanol–water partition coefficient (Wildman–Crippen LogP) is -0.763. The van der Waals surface area contributed by atoms with Crippen molar-refractivity contribution >= 4 is 17.9 Å². The zero-order valence-corrected chi connectivity index (χ0v) is 9.90. The molecule has 0 radical (unpaired) electrons. The van der Waals surface area contributed by atoms with Crippen LogP contribution in [0, 0.1) is 5.92 Å². The molecule has 96 valence electrons. The minimum absolute atomic E-state index is 0.0523. The average Bonchev–Trinajstić information content (AvgIpc) is 2.25. The van der Waals surface area contributed by atoms with E-state index in [9.17, 15) is 14.4 Å². The molecule has 0 spiro atoms. The first-order valence-corrected chi connectivity index (χ1v) is 5.45.